The van der Waals surface area contributed by atoms with Crippen molar-refractivity contribution in [2.45, 2.75) is 6.54 Å². The Kier molecular flexibility index (Phi) is 2.04. The summed E-state index contributed by atoms with van der Waals surface area (Å²) in [5.41, 5.74) is 0.596. The van der Waals surface area contributed by atoms with Gasteiger partial charge in [0, 0.05) is 5.56 Å². The Balaban J connectivity index is 2.24. The number of benzene rings is 1. The Bertz CT molecular complexity index is 384. The lowest BCUT2D eigenvalue weighted by atomic mass is 10.2. The average molecular weight is 177 g/mol. The van der Waals surface area contributed by atoms with E-state index in [0.717, 1.165) is 0 Å². The van der Waals surface area contributed by atoms with Crippen LogP contribution in [0, 0.1) is 5.82 Å². The summed E-state index contributed by atoms with van der Waals surface area (Å²) >= 11 is 0. The highest BCUT2D eigenvalue weighted by Gasteiger charge is 2.01. The van der Waals surface area contributed by atoms with E-state index in [1.165, 1.54) is 10.9 Å². The molecule has 1 aromatic heterocycles. The van der Waals surface area contributed by atoms with Gasteiger partial charge in [-0.25, -0.2) is 4.39 Å². The van der Waals surface area contributed by atoms with Gasteiger partial charge in [-0.05, 0) is 6.07 Å². The highest BCUT2D eigenvalue weighted by Crippen LogP contribution is 2.06. The molecule has 0 spiro atoms. The maximum atomic E-state index is 13.1. The summed E-state index contributed by atoms with van der Waals surface area (Å²) in [6.45, 7) is 0.375. The van der Waals surface area contributed by atoms with Crippen molar-refractivity contribution >= 4 is 0 Å². The molecule has 0 unspecified atom stereocenters. The summed E-state index contributed by atoms with van der Waals surface area (Å²) in [5, 5.41) is 7.78. The Hall–Kier alpha value is -1.71. The van der Waals surface area contributed by atoms with Crippen LogP contribution in [0.4, 0.5) is 4.39 Å². The molecule has 4 heteroatoms. The summed E-state index contributed by atoms with van der Waals surface area (Å²) in [7, 11) is 0. The first-order chi connectivity index (χ1) is 6.36. The fourth-order valence-electron chi connectivity index (χ4n) is 1.10. The molecule has 0 aliphatic carbocycles. The van der Waals surface area contributed by atoms with Crippen molar-refractivity contribution in [3.63, 3.8) is 0 Å². The van der Waals surface area contributed by atoms with Crippen LogP contribution < -0.4 is 0 Å². The van der Waals surface area contributed by atoms with Crippen LogP contribution in [0.2, 0.25) is 0 Å². The van der Waals surface area contributed by atoms with Crippen molar-refractivity contribution in [2.75, 3.05) is 0 Å². The van der Waals surface area contributed by atoms with Crippen LogP contribution in [-0.2, 0) is 6.54 Å². The quantitative estimate of drug-likeness (QED) is 0.695. The molecule has 0 amide bonds. The number of hydrogen-bond donors (Lipinski definition) is 0. The minimum Gasteiger partial charge on any atom is -0.207 e. The number of halogens is 1. The summed E-state index contributed by atoms with van der Waals surface area (Å²) < 4.78 is 13.1. The Morgan fingerprint density at radius 2 is 1.85 bits per heavy atom. The van der Waals surface area contributed by atoms with Crippen LogP contribution >= 0.6 is 0 Å². The van der Waals surface area contributed by atoms with Gasteiger partial charge in [0.1, 0.15) is 5.82 Å². The molecule has 2 aromatic rings. The average Bonchev–Trinajstić information content (AvgIpc) is 2.61. The third-order valence-electron chi connectivity index (χ3n) is 1.74. The van der Waals surface area contributed by atoms with E-state index in [9.17, 15) is 4.39 Å². The van der Waals surface area contributed by atoms with Gasteiger partial charge in [0.25, 0.3) is 0 Å². The first-order valence-electron chi connectivity index (χ1n) is 3.94. The van der Waals surface area contributed by atoms with Crippen molar-refractivity contribution in [2.24, 2.45) is 0 Å². The minimum absolute atomic E-state index is 0.222. The molecule has 0 radical (unpaired) electrons. The summed E-state index contributed by atoms with van der Waals surface area (Å²) in [5.74, 6) is -0.222. The second kappa shape index (κ2) is 3.35. The predicted molar refractivity (Wildman–Crippen MR) is 45.5 cm³/mol. The fourth-order valence-corrected chi connectivity index (χ4v) is 1.10. The lowest BCUT2D eigenvalue weighted by molar-refractivity contribution is 0.549. The summed E-state index contributed by atoms with van der Waals surface area (Å²) in [4.78, 5) is 1.44. The maximum Gasteiger partial charge on any atom is 0.128 e. The molecule has 1 aromatic carbocycles. The number of hydrogen-bond acceptors (Lipinski definition) is 2. The molecule has 0 aliphatic rings. The van der Waals surface area contributed by atoms with Gasteiger partial charge >= 0.3 is 0 Å². The van der Waals surface area contributed by atoms with Gasteiger partial charge in [-0.2, -0.15) is 15.0 Å². The molecule has 0 bridgehead atoms. The van der Waals surface area contributed by atoms with Gasteiger partial charge in [-0.1, -0.05) is 18.2 Å². The number of rotatable bonds is 2. The third-order valence-corrected chi connectivity index (χ3v) is 1.74. The van der Waals surface area contributed by atoms with Gasteiger partial charge in [-0.15, -0.1) is 0 Å². The second-order valence-corrected chi connectivity index (χ2v) is 2.65. The molecule has 0 aliphatic heterocycles. The molecule has 0 atom stereocenters. The molecule has 66 valence electrons. The van der Waals surface area contributed by atoms with E-state index in [2.05, 4.69) is 10.2 Å². The Labute approximate surface area is 74.8 Å². The zero-order chi connectivity index (χ0) is 9.10. The topological polar surface area (TPSA) is 30.7 Å². The van der Waals surface area contributed by atoms with E-state index in [4.69, 9.17) is 0 Å². The lowest BCUT2D eigenvalue weighted by Gasteiger charge is -2.00. The van der Waals surface area contributed by atoms with E-state index in [1.54, 1.807) is 30.6 Å². The van der Waals surface area contributed by atoms with E-state index in [-0.39, 0.29) is 5.82 Å². The maximum absolute atomic E-state index is 13.1. The van der Waals surface area contributed by atoms with Crippen molar-refractivity contribution < 1.29 is 4.39 Å². The minimum atomic E-state index is -0.222. The van der Waals surface area contributed by atoms with Crippen molar-refractivity contribution in [3.8, 4) is 0 Å². The summed E-state index contributed by atoms with van der Waals surface area (Å²) in [6.07, 6.45) is 3.14. The zero-order valence-corrected chi connectivity index (χ0v) is 6.89. The SMILES string of the molecule is Fc1ccccc1Cn1nccn1. The highest BCUT2D eigenvalue weighted by atomic mass is 19.1. The second-order valence-electron chi connectivity index (χ2n) is 2.65. The molecule has 2 rings (SSSR count). The largest absolute Gasteiger partial charge is 0.207 e. The third kappa shape index (κ3) is 1.72. The molecule has 0 saturated heterocycles. The first-order valence-corrected chi connectivity index (χ1v) is 3.94. The molecule has 0 fully saturated rings. The molecular formula is C9H8FN3. The number of nitrogens with zero attached hydrogens (tertiary/aromatic N) is 3. The molecule has 3 nitrogen and oxygen atoms in total. The molecular weight excluding hydrogens is 169 g/mol. The molecule has 0 saturated carbocycles. The van der Waals surface area contributed by atoms with Crippen LogP contribution in [0.5, 0.6) is 0 Å². The fraction of sp³-hybridized carbons (Fsp3) is 0.111. The Morgan fingerprint density at radius 3 is 2.54 bits per heavy atom. The normalized spacial score (nSPS) is 10.2. The molecule has 1 heterocycles. The standard InChI is InChI=1S/C9H8FN3/c10-9-4-2-1-3-8(9)7-13-11-5-6-12-13/h1-6H,7H2. The van der Waals surface area contributed by atoms with Crippen LogP contribution in [0.3, 0.4) is 0 Å². The predicted octanol–water partition coefficient (Wildman–Crippen LogP) is 1.47. The summed E-state index contributed by atoms with van der Waals surface area (Å²) in [6, 6.07) is 6.61. The first kappa shape index (κ1) is 7.91. The highest BCUT2D eigenvalue weighted by molar-refractivity contribution is 5.16. The van der Waals surface area contributed by atoms with E-state index in [0.29, 0.717) is 12.1 Å². The van der Waals surface area contributed by atoms with Crippen LogP contribution in [-0.4, -0.2) is 15.0 Å². The van der Waals surface area contributed by atoms with E-state index < -0.39 is 0 Å². The van der Waals surface area contributed by atoms with Crippen LogP contribution in [0.25, 0.3) is 0 Å². The van der Waals surface area contributed by atoms with Crippen LogP contribution in [0.1, 0.15) is 5.56 Å². The molecule has 0 N–H and O–H groups in total. The smallest absolute Gasteiger partial charge is 0.128 e. The zero-order valence-electron chi connectivity index (χ0n) is 6.89. The Morgan fingerprint density at radius 1 is 1.15 bits per heavy atom. The number of aromatic nitrogens is 3. The van der Waals surface area contributed by atoms with Crippen molar-refractivity contribution in [1.29, 1.82) is 0 Å². The van der Waals surface area contributed by atoms with Gasteiger partial charge in [0.15, 0.2) is 0 Å². The molecule has 13 heavy (non-hydrogen) atoms. The lowest BCUT2D eigenvalue weighted by Crippen LogP contribution is -2.04. The van der Waals surface area contributed by atoms with Gasteiger partial charge in [0.05, 0.1) is 18.9 Å². The van der Waals surface area contributed by atoms with Gasteiger partial charge in [-0.3, -0.25) is 0 Å². The monoisotopic (exact) mass is 177 g/mol. The van der Waals surface area contributed by atoms with E-state index in [1.807, 2.05) is 0 Å². The van der Waals surface area contributed by atoms with Crippen LogP contribution in [0.15, 0.2) is 36.7 Å². The van der Waals surface area contributed by atoms with Gasteiger partial charge < -0.3 is 0 Å². The van der Waals surface area contributed by atoms with Crippen molar-refractivity contribution in [1.82, 2.24) is 15.0 Å². The van der Waals surface area contributed by atoms with E-state index >= 15 is 0 Å². The van der Waals surface area contributed by atoms with Gasteiger partial charge in [0.2, 0.25) is 0 Å². The van der Waals surface area contributed by atoms with Crippen molar-refractivity contribution in [3.05, 3.63) is 48.0 Å².